The Balaban J connectivity index is 1.77. The fraction of sp³-hybridized carbons (Fsp3) is 0.438. The third-order valence-corrected chi connectivity index (χ3v) is 6.05. The number of hydrogen-bond acceptors (Lipinski definition) is 7. The molecule has 9 nitrogen and oxygen atoms in total. The van der Waals surface area contributed by atoms with Crippen molar-refractivity contribution < 1.29 is 17.7 Å². The van der Waals surface area contributed by atoms with E-state index < -0.39 is 10.0 Å². The molecule has 0 aliphatic carbocycles. The molecular formula is C16H21N5O4S. The number of piperazine rings is 1. The zero-order valence-corrected chi connectivity index (χ0v) is 15.4. The number of nitrogens with one attached hydrogen (secondary N) is 2. The first-order chi connectivity index (χ1) is 12.4. The van der Waals surface area contributed by atoms with E-state index in [1.165, 1.54) is 16.4 Å². The topological polar surface area (TPSA) is 117 Å². The molecule has 1 fully saturated rings. The minimum absolute atomic E-state index is 0.125. The molecule has 1 aliphatic rings. The van der Waals surface area contributed by atoms with Gasteiger partial charge < -0.3 is 15.2 Å². The van der Waals surface area contributed by atoms with Gasteiger partial charge in [-0.3, -0.25) is 4.79 Å². The van der Waals surface area contributed by atoms with Crippen LogP contribution in [0.15, 0.2) is 33.7 Å². The van der Waals surface area contributed by atoms with Crippen molar-refractivity contribution in [2.75, 3.05) is 26.7 Å². The van der Waals surface area contributed by atoms with Gasteiger partial charge in [-0.15, -0.1) is 0 Å². The predicted molar refractivity (Wildman–Crippen MR) is 93.7 cm³/mol. The molecule has 2 heterocycles. The van der Waals surface area contributed by atoms with Gasteiger partial charge in [-0.25, -0.2) is 8.42 Å². The van der Waals surface area contributed by atoms with Gasteiger partial charge in [0.1, 0.15) is 0 Å². The highest BCUT2D eigenvalue weighted by Crippen LogP contribution is 2.22. The largest absolute Gasteiger partial charge is 0.354 e. The third kappa shape index (κ3) is 3.92. The molecule has 3 rings (SSSR count). The minimum Gasteiger partial charge on any atom is -0.354 e. The van der Waals surface area contributed by atoms with E-state index in [9.17, 15) is 13.2 Å². The molecule has 1 aromatic carbocycles. The fourth-order valence-corrected chi connectivity index (χ4v) is 3.97. The molecular weight excluding hydrogens is 358 g/mol. The molecule has 140 valence electrons. The Morgan fingerprint density at radius 3 is 2.73 bits per heavy atom. The van der Waals surface area contributed by atoms with Crippen LogP contribution in [0.25, 0.3) is 11.5 Å². The monoisotopic (exact) mass is 379 g/mol. The van der Waals surface area contributed by atoms with Crippen LogP contribution in [0.1, 0.15) is 12.7 Å². The molecule has 0 spiro atoms. The number of carbonyl (C=O) groups excluding carboxylic acids is 1. The van der Waals surface area contributed by atoms with Gasteiger partial charge in [0.2, 0.25) is 15.9 Å². The number of rotatable bonds is 6. The van der Waals surface area contributed by atoms with Crippen molar-refractivity contribution in [2.24, 2.45) is 0 Å². The molecule has 0 saturated carbocycles. The maximum atomic E-state index is 12.6. The lowest BCUT2D eigenvalue weighted by Crippen LogP contribution is -2.49. The standard InChI is InChI=1S/C16H21N5O4S/c1-11(17-2)9-14-19-16(25-20-14)12-3-5-13(6-4-12)26(23,24)21-8-7-18-15(22)10-21/h3-6,11,17H,7-10H2,1-2H3,(H,18,22). The number of aromatic nitrogens is 2. The van der Waals surface area contributed by atoms with E-state index >= 15 is 0 Å². The molecule has 26 heavy (non-hydrogen) atoms. The summed E-state index contributed by atoms with van der Waals surface area (Å²) in [7, 11) is -1.85. The number of hydrogen-bond donors (Lipinski definition) is 2. The van der Waals surface area contributed by atoms with E-state index in [1.54, 1.807) is 12.1 Å². The summed E-state index contributed by atoms with van der Waals surface area (Å²) in [5.74, 6) is 0.619. The Kier molecular flexibility index (Phi) is 5.35. The molecule has 1 atom stereocenters. The summed E-state index contributed by atoms with van der Waals surface area (Å²) < 4.78 is 31.7. The molecule has 1 unspecified atom stereocenters. The summed E-state index contributed by atoms with van der Waals surface area (Å²) in [6.07, 6.45) is 0.628. The van der Waals surface area contributed by atoms with Crippen molar-refractivity contribution in [2.45, 2.75) is 24.3 Å². The number of nitrogens with zero attached hydrogens (tertiary/aromatic N) is 3. The van der Waals surface area contributed by atoms with E-state index in [0.29, 0.717) is 30.2 Å². The number of likely N-dealkylation sites (N-methyl/N-ethyl adjacent to an activating group) is 1. The second kappa shape index (κ2) is 7.52. The van der Waals surface area contributed by atoms with Gasteiger partial charge >= 0.3 is 0 Å². The molecule has 2 aromatic rings. The average molecular weight is 379 g/mol. The van der Waals surface area contributed by atoms with Gasteiger partial charge in [0.15, 0.2) is 5.82 Å². The highest BCUT2D eigenvalue weighted by Gasteiger charge is 2.29. The first kappa shape index (κ1) is 18.5. The molecule has 1 aliphatic heterocycles. The summed E-state index contributed by atoms with van der Waals surface area (Å²) >= 11 is 0. The Bertz CT molecular complexity index is 878. The molecule has 0 radical (unpaired) electrons. The SMILES string of the molecule is CNC(C)Cc1noc(-c2ccc(S(=O)(=O)N3CCNC(=O)C3)cc2)n1. The first-order valence-electron chi connectivity index (χ1n) is 8.27. The fourth-order valence-electron chi connectivity index (χ4n) is 2.57. The molecule has 0 bridgehead atoms. The van der Waals surface area contributed by atoms with Crippen molar-refractivity contribution in [3.63, 3.8) is 0 Å². The number of benzene rings is 1. The second-order valence-corrected chi connectivity index (χ2v) is 8.06. The van der Waals surface area contributed by atoms with Crippen LogP contribution in [-0.4, -0.2) is 61.5 Å². The highest BCUT2D eigenvalue weighted by atomic mass is 32.2. The minimum atomic E-state index is -3.71. The highest BCUT2D eigenvalue weighted by molar-refractivity contribution is 7.89. The predicted octanol–water partition coefficient (Wildman–Crippen LogP) is 0.00750. The zero-order valence-electron chi connectivity index (χ0n) is 14.6. The molecule has 2 N–H and O–H groups in total. The number of sulfonamides is 1. The smallest absolute Gasteiger partial charge is 0.257 e. The number of amides is 1. The normalized spacial score (nSPS) is 17.1. The zero-order chi connectivity index (χ0) is 18.7. The maximum absolute atomic E-state index is 12.6. The van der Waals surface area contributed by atoms with Gasteiger partial charge in [0.25, 0.3) is 5.89 Å². The van der Waals surface area contributed by atoms with Crippen molar-refractivity contribution in [1.82, 2.24) is 25.1 Å². The van der Waals surface area contributed by atoms with Crippen LogP contribution in [0.3, 0.4) is 0 Å². The lowest BCUT2D eigenvalue weighted by molar-refractivity contribution is -0.122. The van der Waals surface area contributed by atoms with Crippen molar-refractivity contribution in [3.05, 3.63) is 30.1 Å². The summed E-state index contributed by atoms with van der Waals surface area (Å²) in [6, 6.07) is 6.43. The van der Waals surface area contributed by atoms with Gasteiger partial charge in [-0.2, -0.15) is 9.29 Å². The van der Waals surface area contributed by atoms with Gasteiger partial charge in [-0.1, -0.05) is 5.16 Å². The molecule has 10 heteroatoms. The first-order valence-corrected chi connectivity index (χ1v) is 9.71. The van der Waals surface area contributed by atoms with Gasteiger partial charge in [0, 0.05) is 31.1 Å². The van der Waals surface area contributed by atoms with Crippen molar-refractivity contribution in [1.29, 1.82) is 0 Å². The van der Waals surface area contributed by atoms with Crippen LogP contribution in [0.5, 0.6) is 0 Å². The lowest BCUT2D eigenvalue weighted by atomic mass is 10.2. The Morgan fingerprint density at radius 2 is 2.08 bits per heavy atom. The van der Waals surface area contributed by atoms with Crippen LogP contribution in [0.2, 0.25) is 0 Å². The van der Waals surface area contributed by atoms with E-state index in [0.717, 1.165) is 0 Å². The Hall–Kier alpha value is -2.30. The van der Waals surface area contributed by atoms with E-state index in [-0.39, 0.29) is 29.9 Å². The molecule has 1 aromatic heterocycles. The Morgan fingerprint density at radius 1 is 1.35 bits per heavy atom. The average Bonchev–Trinajstić information content (AvgIpc) is 3.10. The summed E-state index contributed by atoms with van der Waals surface area (Å²) in [5.41, 5.74) is 0.635. The van der Waals surface area contributed by atoms with Crippen LogP contribution in [-0.2, 0) is 21.2 Å². The molecule has 1 amide bonds. The van der Waals surface area contributed by atoms with Crippen LogP contribution >= 0.6 is 0 Å². The summed E-state index contributed by atoms with van der Waals surface area (Å²) in [4.78, 5) is 15.9. The van der Waals surface area contributed by atoms with E-state index in [4.69, 9.17) is 4.52 Å². The maximum Gasteiger partial charge on any atom is 0.257 e. The van der Waals surface area contributed by atoms with E-state index in [1.807, 2.05) is 14.0 Å². The van der Waals surface area contributed by atoms with Crippen molar-refractivity contribution >= 4 is 15.9 Å². The summed E-state index contributed by atoms with van der Waals surface area (Å²) in [5, 5.41) is 9.64. The van der Waals surface area contributed by atoms with Gasteiger partial charge in [0.05, 0.1) is 11.4 Å². The number of carbonyl (C=O) groups is 1. The summed E-state index contributed by atoms with van der Waals surface area (Å²) in [6.45, 7) is 2.41. The quantitative estimate of drug-likeness (QED) is 0.726. The second-order valence-electron chi connectivity index (χ2n) is 6.12. The van der Waals surface area contributed by atoms with Crippen LogP contribution in [0, 0.1) is 0 Å². The van der Waals surface area contributed by atoms with Crippen LogP contribution < -0.4 is 10.6 Å². The third-order valence-electron chi connectivity index (χ3n) is 4.19. The van der Waals surface area contributed by atoms with Crippen molar-refractivity contribution in [3.8, 4) is 11.5 Å². The Labute approximate surface area is 151 Å². The van der Waals surface area contributed by atoms with Gasteiger partial charge in [-0.05, 0) is 38.2 Å². The van der Waals surface area contributed by atoms with Crippen LogP contribution in [0.4, 0.5) is 0 Å². The molecule has 1 saturated heterocycles. The van der Waals surface area contributed by atoms with E-state index in [2.05, 4.69) is 20.8 Å². The lowest BCUT2D eigenvalue weighted by Gasteiger charge is -2.25.